The van der Waals surface area contributed by atoms with Gasteiger partial charge in [0.1, 0.15) is 0 Å². The maximum atomic E-state index is 5.34. The summed E-state index contributed by atoms with van der Waals surface area (Å²) in [4.78, 5) is 23.8. The molecule has 0 spiro atoms. The van der Waals surface area contributed by atoms with Gasteiger partial charge in [0.15, 0.2) is 11.6 Å². The average molecular weight is 979 g/mol. The molecule has 0 radical (unpaired) electrons. The predicted octanol–water partition coefficient (Wildman–Crippen LogP) is 18.0. The standard InChI is InChI=1S/C68H42N4S2/c1-3-13-41(14-4-1)57-39-59(43-23-27-45(28-24-43)63-37-47-17-7-11-21-61(47)73-63)71-67(69-57)49-31-33-53-55(35-49)65-51-19-9-10-20-52(51)66(53)56-36-50(32-34-54(56)65)68-70-58(42-15-5-2-6-16-42)40-60(72-68)44-25-29-46(30-26-44)64-38-48-18-8-12-22-62(48)74-64/h1-40,65-66H. The number of benzene rings is 9. The predicted molar refractivity (Wildman–Crippen MR) is 307 cm³/mol. The van der Waals surface area contributed by atoms with E-state index in [0.717, 1.165) is 56.2 Å². The Labute approximate surface area is 436 Å². The molecule has 0 fully saturated rings. The molecule has 6 heteroatoms. The van der Waals surface area contributed by atoms with E-state index in [1.165, 1.54) is 74.4 Å². The molecule has 4 nitrogen and oxygen atoms in total. The summed E-state index contributed by atoms with van der Waals surface area (Å²) in [6.07, 6.45) is 0. The van der Waals surface area contributed by atoms with E-state index in [0.29, 0.717) is 11.6 Å². The average Bonchev–Trinajstić information content (AvgIpc) is 4.14. The van der Waals surface area contributed by atoms with Gasteiger partial charge in [0.25, 0.3) is 0 Å². The van der Waals surface area contributed by atoms with Crippen LogP contribution in [0.15, 0.2) is 243 Å². The number of hydrogen-bond donors (Lipinski definition) is 0. The molecule has 0 saturated carbocycles. The second kappa shape index (κ2) is 17.4. The van der Waals surface area contributed by atoms with E-state index in [9.17, 15) is 0 Å². The maximum absolute atomic E-state index is 5.34. The van der Waals surface area contributed by atoms with Gasteiger partial charge in [-0.25, -0.2) is 19.9 Å². The molecule has 0 amide bonds. The van der Waals surface area contributed by atoms with Gasteiger partial charge in [-0.3, -0.25) is 0 Å². The van der Waals surface area contributed by atoms with Crippen LogP contribution in [0.25, 0.3) is 109 Å². The maximum Gasteiger partial charge on any atom is 0.160 e. The van der Waals surface area contributed by atoms with Crippen LogP contribution < -0.4 is 0 Å². The minimum atomic E-state index is 0.0417. The van der Waals surface area contributed by atoms with Gasteiger partial charge in [-0.2, -0.15) is 0 Å². The Morgan fingerprint density at radius 1 is 0.243 bits per heavy atom. The summed E-state index contributed by atoms with van der Waals surface area (Å²) in [5, 5.41) is 2.55. The third kappa shape index (κ3) is 7.33. The number of thiophene rings is 2. The quantitative estimate of drug-likeness (QED) is 0.152. The largest absolute Gasteiger partial charge is 0.228 e. The van der Waals surface area contributed by atoms with Crippen molar-refractivity contribution >= 4 is 42.8 Å². The van der Waals surface area contributed by atoms with E-state index in [2.05, 4.69) is 243 Å². The zero-order valence-electron chi connectivity index (χ0n) is 39.9. The highest BCUT2D eigenvalue weighted by Crippen LogP contribution is 2.57. The first-order valence-electron chi connectivity index (χ1n) is 25.1. The van der Waals surface area contributed by atoms with Crippen LogP contribution >= 0.6 is 22.7 Å². The Morgan fingerprint density at radius 3 is 0.973 bits per heavy atom. The SMILES string of the molecule is c1ccc(-c2cc(-c3ccc(-c4cc5ccccc5s4)cc3)nc(-c3ccc4c(c3)C3c5ccccc5C4c4cc(-c5nc(-c6ccccc6)cc(-c6ccc(-c7cc8ccccc8s7)cc6)n5)ccc43)n2)cc1. The molecule has 2 bridgehead atoms. The first-order chi connectivity index (χ1) is 36.6. The molecule has 0 aliphatic heterocycles. The van der Waals surface area contributed by atoms with Gasteiger partial charge in [-0.05, 0) is 104 Å². The molecule has 3 aliphatic carbocycles. The van der Waals surface area contributed by atoms with E-state index in [1.807, 2.05) is 22.7 Å². The summed E-state index contributed by atoms with van der Waals surface area (Å²) >= 11 is 3.65. The molecular weight excluding hydrogens is 937 g/mol. The van der Waals surface area contributed by atoms with Crippen LogP contribution in [0.1, 0.15) is 45.2 Å². The second-order valence-electron chi connectivity index (χ2n) is 19.3. The molecule has 9 aromatic carbocycles. The monoisotopic (exact) mass is 978 g/mol. The number of fused-ring (bicyclic) bond motifs is 2. The highest BCUT2D eigenvalue weighted by molar-refractivity contribution is 7.22. The van der Waals surface area contributed by atoms with Crippen LogP contribution in [0.5, 0.6) is 0 Å². The Hall–Kier alpha value is -8.94. The highest BCUT2D eigenvalue weighted by Gasteiger charge is 2.41. The Kier molecular flexibility index (Phi) is 10.0. The van der Waals surface area contributed by atoms with Gasteiger partial charge in [0, 0.05) is 64.4 Å². The van der Waals surface area contributed by atoms with E-state index in [4.69, 9.17) is 19.9 Å². The molecule has 74 heavy (non-hydrogen) atoms. The molecule has 0 saturated heterocycles. The van der Waals surface area contributed by atoms with Crippen LogP contribution in [-0.4, -0.2) is 19.9 Å². The lowest BCUT2D eigenvalue weighted by Crippen LogP contribution is -2.27. The molecule has 13 aromatic rings. The van der Waals surface area contributed by atoms with E-state index >= 15 is 0 Å². The first kappa shape index (κ1) is 42.7. The van der Waals surface area contributed by atoms with Gasteiger partial charge >= 0.3 is 0 Å². The van der Waals surface area contributed by atoms with Crippen molar-refractivity contribution in [2.45, 2.75) is 11.8 Å². The Morgan fingerprint density at radius 2 is 0.568 bits per heavy atom. The molecule has 2 atom stereocenters. The van der Waals surface area contributed by atoms with Crippen molar-refractivity contribution < 1.29 is 0 Å². The van der Waals surface area contributed by atoms with Gasteiger partial charge in [0.2, 0.25) is 0 Å². The van der Waals surface area contributed by atoms with Crippen LogP contribution in [0.3, 0.4) is 0 Å². The first-order valence-corrected chi connectivity index (χ1v) is 26.7. The molecule has 0 N–H and O–H groups in total. The third-order valence-electron chi connectivity index (χ3n) is 14.9. The Balaban J connectivity index is 0.807. The van der Waals surface area contributed by atoms with Crippen molar-refractivity contribution in [3.05, 3.63) is 276 Å². The number of hydrogen-bond acceptors (Lipinski definition) is 6. The zero-order chi connectivity index (χ0) is 48.7. The van der Waals surface area contributed by atoms with E-state index < -0.39 is 0 Å². The normalized spacial score (nSPS) is 14.2. The lowest BCUT2D eigenvalue weighted by Gasteiger charge is -2.42. The van der Waals surface area contributed by atoms with Crippen molar-refractivity contribution in [2.75, 3.05) is 0 Å². The van der Waals surface area contributed by atoms with Crippen molar-refractivity contribution in [3.63, 3.8) is 0 Å². The van der Waals surface area contributed by atoms with Crippen molar-refractivity contribution in [3.8, 4) is 88.7 Å². The second-order valence-corrected chi connectivity index (χ2v) is 21.5. The molecule has 4 aromatic heterocycles. The third-order valence-corrected chi connectivity index (χ3v) is 17.3. The fraction of sp³-hybridized carbons (Fsp3) is 0.0294. The number of aromatic nitrogens is 4. The lowest BCUT2D eigenvalue weighted by atomic mass is 9.61. The molecular formula is C68H42N4S2. The van der Waals surface area contributed by atoms with Gasteiger partial charge in [0.05, 0.1) is 22.8 Å². The van der Waals surface area contributed by atoms with Crippen LogP contribution in [0, 0.1) is 0 Å². The van der Waals surface area contributed by atoms with E-state index in [-0.39, 0.29) is 11.8 Å². The summed E-state index contributed by atoms with van der Waals surface area (Å²) in [6, 6.07) is 87.4. The van der Waals surface area contributed by atoms with Crippen LogP contribution in [0.2, 0.25) is 0 Å². The summed E-state index contributed by atoms with van der Waals surface area (Å²) < 4.78 is 2.59. The lowest BCUT2D eigenvalue weighted by molar-refractivity contribution is 0.754. The van der Waals surface area contributed by atoms with Gasteiger partial charge in [-0.15, -0.1) is 22.7 Å². The smallest absolute Gasteiger partial charge is 0.160 e. The van der Waals surface area contributed by atoms with Gasteiger partial charge < -0.3 is 0 Å². The number of rotatable bonds is 8. The summed E-state index contributed by atoms with van der Waals surface area (Å²) in [7, 11) is 0. The zero-order valence-corrected chi connectivity index (χ0v) is 41.5. The fourth-order valence-corrected chi connectivity index (χ4v) is 13.5. The van der Waals surface area contributed by atoms with Crippen molar-refractivity contribution in [1.82, 2.24) is 19.9 Å². The van der Waals surface area contributed by atoms with Crippen molar-refractivity contribution in [2.24, 2.45) is 0 Å². The highest BCUT2D eigenvalue weighted by atomic mass is 32.1. The Bertz CT molecular complexity index is 3970. The number of nitrogens with zero attached hydrogens (tertiary/aromatic N) is 4. The topological polar surface area (TPSA) is 51.6 Å². The van der Waals surface area contributed by atoms with E-state index in [1.54, 1.807) is 0 Å². The fourth-order valence-electron chi connectivity index (χ4n) is 11.3. The minimum absolute atomic E-state index is 0.0417. The van der Waals surface area contributed by atoms with Crippen LogP contribution in [-0.2, 0) is 0 Å². The summed E-state index contributed by atoms with van der Waals surface area (Å²) in [5.74, 6) is 1.51. The van der Waals surface area contributed by atoms with Crippen LogP contribution in [0.4, 0.5) is 0 Å². The summed E-state index contributed by atoms with van der Waals surface area (Å²) in [6.45, 7) is 0. The summed E-state index contributed by atoms with van der Waals surface area (Å²) in [5.41, 5.74) is 20.2. The molecule has 3 aliphatic rings. The minimum Gasteiger partial charge on any atom is -0.228 e. The molecule has 346 valence electrons. The van der Waals surface area contributed by atoms with Gasteiger partial charge in [-0.1, -0.05) is 194 Å². The molecule has 4 heterocycles. The van der Waals surface area contributed by atoms with Crippen molar-refractivity contribution in [1.29, 1.82) is 0 Å². The molecule has 2 unspecified atom stereocenters. The molecule has 16 rings (SSSR count).